The van der Waals surface area contributed by atoms with Crippen LogP contribution in [0.15, 0.2) is 30.3 Å². The van der Waals surface area contributed by atoms with Gasteiger partial charge in [0.15, 0.2) is 6.61 Å². The predicted octanol–water partition coefficient (Wildman–Crippen LogP) is 0.537. The number of benzene rings is 1. The maximum Gasteiger partial charge on any atom is 0.329 e. The zero-order chi connectivity index (χ0) is 18.7. The Hall–Kier alpha value is -2.55. The molecule has 0 saturated carbocycles. The van der Waals surface area contributed by atoms with Crippen LogP contribution in [0.25, 0.3) is 0 Å². The molecule has 1 atom stereocenters. The molecule has 0 spiro atoms. The number of urea groups is 1. The summed E-state index contributed by atoms with van der Waals surface area (Å²) in [6.45, 7) is -0.608. The number of carbonyl (C=O) groups excluding carboxylic acids is 4. The van der Waals surface area contributed by atoms with Crippen molar-refractivity contribution in [1.82, 2.24) is 16.0 Å². The van der Waals surface area contributed by atoms with E-state index in [9.17, 15) is 19.2 Å². The summed E-state index contributed by atoms with van der Waals surface area (Å²) in [6, 6.07) is 6.89. The Morgan fingerprint density at radius 3 is 2.44 bits per heavy atom. The molecule has 0 fully saturated rings. The Balaban J connectivity index is 2.61. The molecule has 0 unspecified atom stereocenters. The van der Waals surface area contributed by atoms with E-state index in [1.54, 1.807) is 30.3 Å². The van der Waals surface area contributed by atoms with Crippen molar-refractivity contribution in [3.05, 3.63) is 35.9 Å². The summed E-state index contributed by atoms with van der Waals surface area (Å²) in [6.07, 6.45) is 2.23. The van der Waals surface area contributed by atoms with Gasteiger partial charge in [-0.15, -0.1) is 0 Å². The van der Waals surface area contributed by atoms with Gasteiger partial charge in [-0.3, -0.25) is 14.9 Å². The number of ether oxygens (including phenoxy) is 1. The maximum absolute atomic E-state index is 12.2. The Bertz CT molecular complexity index is 609. The van der Waals surface area contributed by atoms with Gasteiger partial charge in [-0.2, -0.15) is 11.8 Å². The number of amides is 4. The third-order valence-corrected chi connectivity index (χ3v) is 3.71. The van der Waals surface area contributed by atoms with Crippen molar-refractivity contribution >= 4 is 35.6 Å². The highest BCUT2D eigenvalue weighted by molar-refractivity contribution is 7.98. The minimum Gasteiger partial charge on any atom is -0.454 e. The van der Waals surface area contributed by atoms with Crippen molar-refractivity contribution in [2.75, 3.05) is 25.7 Å². The normalized spacial score (nSPS) is 11.1. The average Bonchev–Trinajstić information content (AvgIpc) is 2.63. The van der Waals surface area contributed by atoms with Gasteiger partial charge in [0, 0.05) is 12.6 Å². The third kappa shape index (κ3) is 7.71. The second kappa shape index (κ2) is 11.1. The summed E-state index contributed by atoms with van der Waals surface area (Å²) in [4.78, 5) is 46.8. The quantitative estimate of drug-likeness (QED) is 0.578. The topological polar surface area (TPSA) is 114 Å². The van der Waals surface area contributed by atoms with E-state index in [0.29, 0.717) is 17.7 Å². The van der Waals surface area contributed by atoms with E-state index in [1.807, 2.05) is 11.6 Å². The van der Waals surface area contributed by atoms with E-state index in [-0.39, 0.29) is 0 Å². The van der Waals surface area contributed by atoms with Crippen LogP contribution < -0.4 is 16.0 Å². The van der Waals surface area contributed by atoms with E-state index in [2.05, 4.69) is 10.6 Å². The molecule has 136 valence electrons. The molecule has 3 N–H and O–H groups in total. The standard InChI is InChI=1S/C16H21N3O5S/c1-17-16(23)19-13(20)10-24-15(22)12(8-9-25-2)18-14(21)11-6-4-3-5-7-11/h3-7,12H,8-10H2,1-2H3,(H,18,21)(H2,17,19,20,23)/t12-/m0/s1. The Morgan fingerprint density at radius 2 is 1.84 bits per heavy atom. The SMILES string of the molecule is CNC(=O)NC(=O)COC(=O)[C@H](CCSC)NC(=O)c1ccccc1. The molecular weight excluding hydrogens is 346 g/mol. The summed E-state index contributed by atoms with van der Waals surface area (Å²) in [5, 5.41) is 6.79. The van der Waals surface area contributed by atoms with Gasteiger partial charge in [0.25, 0.3) is 11.8 Å². The molecule has 1 aromatic rings. The highest BCUT2D eigenvalue weighted by Crippen LogP contribution is 2.05. The zero-order valence-electron chi connectivity index (χ0n) is 14.0. The zero-order valence-corrected chi connectivity index (χ0v) is 14.9. The third-order valence-electron chi connectivity index (χ3n) is 3.06. The van der Waals surface area contributed by atoms with Crippen LogP contribution in [-0.4, -0.2) is 55.5 Å². The summed E-state index contributed by atoms with van der Waals surface area (Å²) < 4.78 is 4.89. The monoisotopic (exact) mass is 367 g/mol. The molecule has 0 bridgehead atoms. The van der Waals surface area contributed by atoms with Crippen molar-refractivity contribution in [3.8, 4) is 0 Å². The van der Waals surface area contributed by atoms with Crippen LogP contribution in [0.4, 0.5) is 4.79 Å². The first-order chi connectivity index (χ1) is 12.0. The molecule has 1 rings (SSSR count). The van der Waals surface area contributed by atoms with Gasteiger partial charge in [-0.05, 0) is 30.6 Å². The van der Waals surface area contributed by atoms with Crippen LogP contribution in [0.3, 0.4) is 0 Å². The number of thioether (sulfide) groups is 1. The van der Waals surface area contributed by atoms with Gasteiger partial charge in [0.1, 0.15) is 6.04 Å². The maximum atomic E-state index is 12.2. The van der Waals surface area contributed by atoms with Gasteiger partial charge >= 0.3 is 12.0 Å². The molecule has 9 heteroatoms. The van der Waals surface area contributed by atoms with E-state index in [4.69, 9.17) is 4.74 Å². The molecule has 8 nitrogen and oxygen atoms in total. The Labute approximate surface area is 150 Å². The van der Waals surface area contributed by atoms with Crippen LogP contribution in [0, 0.1) is 0 Å². The first-order valence-corrected chi connectivity index (χ1v) is 8.90. The molecular formula is C16H21N3O5S. The summed E-state index contributed by atoms with van der Waals surface area (Å²) in [5.41, 5.74) is 0.418. The van der Waals surface area contributed by atoms with Crippen molar-refractivity contribution in [1.29, 1.82) is 0 Å². The molecule has 0 radical (unpaired) electrons. The van der Waals surface area contributed by atoms with Gasteiger partial charge < -0.3 is 15.4 Å². The molecule has 0 saturated heterocycles. The molecule has 1 aromatic carbocycles. The lowest BCUT2D eigenvalue weighted by Gasteiger charge is -2.17. The molecule has 0 aliphatic carbocycles. The van der Waals surface area contributed by atoms with Crippen LogP contribution in [0.5, 0.6) is 0 Å². The molecule has 0 heterocycles. The van der Waals surface area contributed by atoms with Crippen molar-refractivity contribution < 1.29 is 23.9 Å². The molecule has 4 amide bonds. The minimum atomic E-state index is -0.882. The number of nitrogens with one attached hydrogen (secondary N) is 3. The second-order valence-electron chi connectivity index (χ2n) is 4.91. The number of esters is 1. The number of rotatable bonds is 8. The lowest BCUT2D eigenvalue weighted by Crippen LogP contribution is -2.44. The smallest absolute Gasteiger partial charge is 0.329 e. The number of imide groups is 1. The fourth-order valence-electron chi connectivity index (χ4n) is 1.78. The van der Waals surface area contributed by atoms with E-state index < -0.39 is 36.5 Å². The largest absolute Gasteiger partial charge is 0.454 e. The Morgan fingerprint density at radius 1 is 1.16 bits per heavy atom. The average molecular weight is 367 g/mol. The van der Waals surface area contributed by atoms with Crippen LogP contribution in [0.2, 0.25) is 0 Å². The van der Waals surface area contributed by atoms with Gasteiger partial charge in [-0.1, -0.05) is 18.2 Å². The van der Waals surface area contributed by atoms with Gasteiger partial charge in [0.2, 0.25) is 0 Å². The van der Waals surface area contributed by atoms with Gasteiger partial charge in [-0.25, -0.2) is 9.59 Å². The highest BCUT2D eigenvalue weighted by atomic mass is 32.2. The van der Waals surface area contributed by atoms with Crippen LogP contribution in [0.1, 0.15) is 16.8 Å². The summed E-state index contributed by atoms with van der Waals surface area (Å²) >= 11 is 1.51. The fourth-order valence-corrected chi connectivity index (χ4v) is 2.25. The first-order valence-electron chi connectivity index (χ1n) is 7.51. The second-order valence-corrected chi connectivity index (χ2v) is 5.89. The number of carbonyl (C=O) groups is 4. The van der Waals surface area contributed by atoms with E-state index in [1.165, 1.54) is 18.8 Å². The van der Waals surface area contributed by atoms with E-state index in [0.717, 1.165) is 0 Å². The predicted molar refractivity (Wildman–Crippen MR) is 94.3 cm³/mol. The number of hydrogen-bond acceptors (Lipinski definition) is 6. The lowest BCUT2D eigenvalue weighted by atomic mass is 10.1. The number of hydrogen-bond donors (Lipinski definition) is 3. The van der Waals surface area contributed by atoms with E-state index >= 15 is 0 Å². The summed E-state index contributed by atoms with van der Waals surface area (Å²) in [7, 11) is 1.35. The fraction of sp³-hybridized carbons (Fsp3) is 0.375. The Kier molecular flexibility index (Phi) is 9.09. The van der Waals surface area contributed by atoms with Gasteiger partial charge in [0.05, 0.1) is 0 Å². The van der Waals surface area contributed by atoms with Crippen molar-refractivity contribution in [2.24, 2.45) is 0 Å². The molecule has 0 aromatic heterocycles. The highest BCUT2D eigenvalue weighted by Gasteiger charge is 2.23. The molecule has 25 heavy (non-hydrogen) atoms. The molecule has 0 aliphatic heterocycles. The minimum absolute atomic E-state index is 0.357. The van der Waals surface area contributed by atoms with Crippen molar-refractivity contribution in [2.45, 2.75) is 12.5 Å². The van der Waals surface area contributed by atoms with Crippen LogP contribution >= 0.6 is 11.8 Å². The molecule has 0 aliphatic rings. The first kappa shape index (κ1) is 20.5. The summed E-state index contributed by atoms with van der Waals surface area (Å²) in [5.74, 6) is -1.27. The lowest BCUT2D eigenvalue weighted by molar-refractivity contribution is -0.150. The van der Waals surface area contributed by atoms with Crippen LogP contribution in [-0.2, 0) is 14.3 Å². The van der Waals surface area contributed by atoms with Crippen molar-refractivity contribution in [3.63, 3.8) is 0 Å².